The lowest BCUT2D eigenvalue weighted by atomic mass is 9.94. The minimum absolute atomic E-state index is 0.247. The van der Waals surface area contributed by atoms with Crippen LogP contribution in [0.2, 0.25) is 0 Å². The molecule has 4 aliphatic heterocycles. The first-order valence-corrected chi connectivity index (χ1v) is 13.9. The molecular weight excluding hydrogens is 464 g/mol. The molecule has 2 spiro atoms. The molecule has 0 unspecified atom stereocenters. The highest BCUT2D eigenvalue weighted by Gasteiger charge is 2.61. The largest absolute Gasteiger partial charge is 0.456 e. The Hall–Kier alpha value is -1.55. The molecule has 8 heteroatoms. The van der Waals surface area contributed by atoms with Crippen molar-refractivity contribution >= 4 is 5.97 Å². The number of benzene rings is 1. The van der Waals surface area contributed by atoms with Crippen molar-refractivity contribution in [2.45, 2.75) is 119 Å². The average Bonchev–Trinajstić information content (AvgIpc) is 3.55. The van der Waals surface area contributed by atoms with Crippen molar-refractivity contribution in [1.82, 2.24) is 0 Å². The summed E-state index contributed by atoms with van der Waals surface area (Å²) in [6, 6.07) is 7.60. The van der Waals surface area contributed by atoms with Gasteiger partial charge >= 0.3 is 5.97 Å². The fourth-order valence-electron chi connectivity index (χ4n) is 6.97. The highest BCUT2D eigenvalue weighted by molar-refractivity contribution is 5.92. The minimum atomic E-state index is -0.575. The maximum atomic E-state index is 12.5. The molecule has 0 radical (unpaired) electrons. The van der Waals surface area contributed by atoms with E-state index in [1.54, 1.807) is 0 Å². The van der Waals surface area contributed by atoms with E-state index in [1.807, 2.05) is 24.3 Å². The Balaban J connectivity index is 1.08. The van der Waals surface area contributed by atoms with Crippen LogP contribution in [0.5, 0.6) is 0 Å². The second-order valence-corrected chi connectivity index (χ2v) is 11.3. The summed E-state index contributed by atoms with van der Waals surface area (Å²) in [7, 11) is 0. The van der Waals surface area contributed by atoms with E-state index in [0.717, 1.165) is 56.9 Å². The predicted octanol–water partition coefficient (Wildman–Crippen LogP) is 4.03. The molecule has 6 aliphatic rings. The van der Waals surface area contributed by atoms with E-state index in [9.17, 15) is 4.79 Å². The third-order valence-electron chi connectivity index (χ3n) is 8.80. The Labute approximate surface area is 211 Å². The molecule has 7 rings (SSSR count). The van der Waals surface area contributed by atoms with E-state index in [0.29, 0.717) is 18.6 Å². The van der Waals surface area contributed by atoms with Gasteiger partial charge in [-0.05, 0) is 37.3 Å². The van der Waals surface area contributed by atoms with E-state index in [2.05, 4.69) is 0 Å². The van der Waals surface area contributed by atoms with Crippen molar-refractivity contribution in [3.05, 3.63) is 35.4 Å². The van der Waals surface area contributed by atoms with E-state index >= 15 is 0 Å². The van der Waals surface area contributed by atoms with Crippen LogP contribution in [0.25, 0.3) is 0 Å². The Morgan fingerprint density at radius 2 is 1.61 bits per heavy atom. The average molecular weight is 501 g/mol. The lowest BCUT2D eigenvalue weighted by Crippen LogP contribution is -2.47. The molecule has 0 N–H and O–H groups in total. The summed E-state index contributed by atoms with van der Waals surface area (Å²) in [6.07, 6.45) is 8.88. The van der Waals surface area contributed by atoms with Gasteiger partial charge in [0, 0.05) is 32.1 Å². The van der Waals surface area contributed by atoms with Crippen LogP contribution < -0.4 is 0 Å². The van der Waals surface area contributed by atoms with Gasteiger partial charge in [0.05, 0.1) is 18.8 Å². The van der Waals surface area contributed by atoms with Crippen molar-refractivity contribution in [3.8, 4) is 0 Å². The smallest absolute Gasteiger partial charge is 0.338 e. The minimum Gasteiger partial charge on any atom is -0.456 e. The van der Waals surface area contributed by atoms with Crippen LogP contribution in [-0.2, 0) is 39.6 Å². The number of ether oxygens (including phenoxy) is 7. The van der Waals surface area contributed by atoms with Crippen LogP contribution in [0.15, 0.2) is 24.3 Å². The van der Waals surface area contributed by atoms with Gasteiger partial charge in [0.15, 0.2) is 17.9 Å². The topological polar surface area (TPSA) is 81.7 Å². The molecule has 4 heterocycles. The SMILES string of the molecule is O=C1O[C@H](CO[C@@H]2[C@H]3OC4(CCCCC4)O[C@H]3O[C@@H]2[C@H]2COC3(CCCCC3)O2)Cc2ccccc21. The Kier molecular flexibility index (Phi) is 6.10. The lowest BCUT2D eigenvalue weighted by molar-refractivity contribution is -0.263. The standard InChI is InChI=1S/C28H36O8/c29-25-20-10-4-3-9-18(20)15-19(32-25)16-30-23-22(21-17-31-27(34-21)11-5-1-6-12-27)33-26-24(23)35-28(36-26)13-7-2-8-14-28/h3-4,9-10,19,21-24,26H,1-2,5-8,11-17H2/t19-,21+,22+,23-,24+,26+/m0/s1. The summed E-state index contributed by atoms with van der Waals surface area (Å²) >= 11 is 0. The highest BCUT2D eigenvalue weighted by Crippen LogP contribution is 2.48. The maximum Gasteiger partial charge on any atom is 0.338 e. The zero-order valence-corrected chi connectivity index (χ0v) is 20.7. The van der Waals surface area contributed by atoms with Gasteiger partial charge in [-0.2, -0.15) is 0 Å². The molecule has 6 atom stereocenters. The fraction of sp³-hybridized carbons (Fsp3) is 0.750. The quantitative estimate of drug-likeness (QED) is 0.574. The Bertz CT molecular complexity index is 968. The zero-order valence-electron chi connectivity index (χ0n) is 20.7. The molecule has 0 aromatic heterocycles. The van der Waals surface area contributed by atoms with Crippen LogP contribution in [0.4, 0.5) is 0 Å². The number of carbonyl (C=O) groups is 1. The van der Waals surface area contributed by atoms with Gasteiger partial charge in [-0.3, -0.25) is 0 Å². The fourth-order valence-corrected chi connectivity index (χ4v) is 6.97. The summed E-state index contributed by atoms with van der Waals surface area (Å²) in [4.78, 5) is 12.5. The third kappa shape index (κ3) is 4.20. The number of esters is 1. The molecule has 1 aromatic carbocycles. The third-order valence-corrected chi connectivity index (χ3v) is 8.80. The summed E-state index contributed by atoms with van der Waals surface area (Å²) in [5.41, 5.74) is 1.63. The van der Waals surface area contributed by atoms with Crippen LogP contribution in [0.3, 0.4) is 0 Å². The van der Waals surface area contributed by atoms with Crippen molar-refractivity contribution in [3.63, 3.8) is 0 Å². The first-order valence-electron chi connectivity index (χ1n) is 13.9. The van der Waals surface area contributed by atoms with Crippen molar-refractivity contribution in [2.75, 3.05) is 13.2 Å². The molecule has 8 nitrogen and oxygen atoms in total. The monoisotopic (exact) mass is 500 g/mol. The molecule has 1 aromatic rings. The van der Waals surface area contributed by atoms with Gasteiger partial charge in [0.1, 0.15) is 30.5 Å². The maximum absolute atomic E-state index is 12.5. The van der Waals surface area contributed by atoms with E-state index < -0.39 is 17.9 Å². The first-order chi connectivity index (χ1) is 17.6. The van der Waals surface area contributed by atoms with Gasteiger partial charge in [-0.1, -0.05) is 31.0 Å². The number of rotatable bonds is 4. The van der Waals surface area contributed by atoms with Gasteiger partial charge in [0.25, 0.3) is 0 Å². The van der Waals surface area contributed by atoms with Crippen molar-refractivity contribution in [1.29, 1.82) is 0 Å². The molecule has 5 fully saturated rings. The molecule has 196 valence electrons. The van der Waals surface area contributed by atoms with E-state index in [1.165, 1.54) is 12.8 Å². The number of hydrogen-bond acceptors (Lipinski definition) is 8. The van der Waals surface area contributed by atoms with Crippen LogP contribution in [0, 0.1) is 0 Å². The second kappa shape index (κ2) is 9.33. The van der Waals surface area contributed by atoms with E-state index in [-0.39, 0.29) is 43.1 Å². The molecule has 3 saturated heterocycles. The summed E-state index contributed by atoms with van der Waals surface area (Å²) in [5.74, 6) is -1.37. The predicted molar refractivity (Wildman–Crippen MR) is 126 cm³/mol. The van der Waals surface area contributed by atoms with Crippen LogP contribution in [0.1, 0.15) is 80.1 Å². The highest BCUT2D eigenvalue weighted by atomic mass is 16.9. The van der Waals surface area contributed by atoms with Crippen LogP contribution >= 0.6 is 0 Å². The number of fused-ring (bicyclic) bond motifs is 2. The zero-order chi connectivity index (χ0) is 24.2. The molecule has 2 saturated carbocycles. The second-order valence-electron chi connectivity index (χ2n) is 11.3. The summed E-state index contributed by atoms with van der Waals surface area (Å²) in [5, 5.41) is 0. The van der Waals surface area contributed by atoms with Crippen LogP contribution in [-0.4, -0.2) is 67.6 Å². The molecule has 0 bridgehead atoms. The first kappa shape index (κ1) is 23.6. The molecule has 36 heavy (non-hydrogen) atoms. The number of cyclic esters (lactones) is 1. The van der Waals surface area contributed by atoms with Crippen molar-refractivity contribution in [2.24, 2.45) is 0 Å². The van der Waals surface area contributed by atoms with Gasteiger partial charge in [0.2, 0.25) is 0 Å². The number of carbonyl (C=O) groups excluding carboxylic acids is 1. The van der Waals surface area contributed by atoms with E-state index in [4.69, 9.17) is 33.2 Å². The summed E-state index contributed by atoms with van der Waals surface area (Å²) < 4.78 is 44.5. The number of hydrogen-bond donors (Lipinski definition) is 0. The Morgan fingerprint density at radius 3 is 2.42 bits per heavy atom. The van der Waals surface area contributed by atoms with Gasteiger partial charge in [-0.25, -0.2) is 4.79 Å². The molecule has 2 aliphatic carbocycles. The normalized spacial score (nSPS) is 38.7. The van der Waals surface area contributed by atoms with Gasteiger partial charge in [-0.15, -0.1) is 0 Å². The summed E-state index contributed by atoms with van der Waals surface area (Å²) in [6.45, 7) is 0.740. The molecular formula is C28H36O8. The van der Waals surface area contributed by atoms with Gasteiger partial charge < -0.3 is 33.2 Å². The Morgan fingerprint density at radius 1 is 0.861 bits per heavy atom. The van der Waals surface area contributed by atoms with Crippen molar-refractivity contribution < 1.29 is 38.0 Å². The lowest BCUT2D eigenvalue weighted by Gasteiger charge is -2.36. The molecule has 0 amide bonds.